The summed E-state index contributed by atoms with van der Waals surface area (Å²) in [4.78, 5) is 28.8. The van der Waals surface area contributed by atoms with Crippen molar-refractivity contribution in [2.24, 2.45) is 18.9 Å². The average Bonchev–Trinajstić information content (AvgIpc) is 3.57. The molecule has 196 valence electrons. The first kappa shape index (κ1) is 25.7. The van der Waals surface area contributed by atoms with E-state index in [-0.39, 0.29) is 30.1 Å². The molecule has 13 heteroatoms. The van der Waals surface area contributed by atoms with Crippen LogP contribution in [0.2, 0.25) is 0 Å². The summed E-state index contributed by atoms with van der Waals surface area (Å²) >= 11 is 0. The maximum atomic E-state index is 13.9. The molecule has 1 amide bonds. The number of carbonyl (C=O) groups is 2. The second-order valence-electron chi connectivity index (χ2n) is 9.37. The smallest absolute Gasteiger partial charge is 0.437 e. The number of aromatic nitrogens is 4. The summed E-state index contributed by atoms with van der Waals surface area (Å²) in [6.07, 6.45) is -2.29. The minimum atomic E-state index is -4.83. The van der Waals surface area contributed by atoms with Crippen LogP contribution in [0.25, 0.3) is 11.4 Å². The van der Waals surface area contributed by atoms with Crippen molar-refractivity contribution in [3.05, 3.63) is 23.5 Å². The van der Waals surface area contributed by atoms with Gasteiger partial charge in [-0.25, -0.2) is 14.5 Å². The number of rotatable bonds is 8. The van der Waals surface area contributed by atoms with E-state index in [0.717, 1.165) is 18.9 Å². The van der Waals surface area contributed by atoms with Gasteiger partial charge in [-0.3, -0.25) is 4.79 Å². The van der Waals surface area contributed by atoms with Gasteiger partial charge in [-0.15, -0.1) is 5.10 Å². The van der Waals surface area contributed by atoms with E-state index in [2.05, 4.69) is 15.3 Å². The molecule has 2 saturated carbocycles. The number of amides is 1. The number of aryl methyl sites for hydroxylation is 1. The van der Waals surface area contributed by atoms with Gasteiger partial charge >= 0.3 is 18.2 Å². The van der Waals surface area contributed by atoms with Crippen molar-refractivity contribution >= 4 is 12.1 Å². The van der Waals surface area contributed by atoms with Gasteiger partial charge in [0, 0.05) is 20.6 Å². The number of alkyl halides is 3. The summed E-state index contributed by atoms with van der Waals surface area (Å²) in [5.74, 6) is -1.63. The number of hydrogen-bond donors (Lipinski definition) is 1. The van der Waals surface area contributed by atoms with E-state index in [1.165, 1.54) is 22.7 Å². The van der Waals surface area contributed by atoms with Crippen LogP contribution >= 0.6 is 0 Å². The summed E-state index contributed by atoms with van der Waals surface area (Å²) in [7, 11) is 3.17. The van der Waals surface area contributed by atoms with E-state index < -0.39 is 41.7 Å². The second-order valence-corrected chi connectivity index (χ2v) is 9.37. The molecule has 2 fully saturated rings. The monoisotopic (exact) mass is 511 g/mol. The highest BCUT2D eigenvalue weighted by atomic mass is 19.4. The molecule has 2 aliphatic rings. The quantitative estimate of drug-likeness (QED) is 0.567. The number of aliphatic carboxylic acids is 1. The fraction of sp³-hybridized carbons (Fsp3) is 0.609. The molecule has 36 heavy (non-hydrogen) atoms. The number of ether oxygens (including phenoxy) is 2. The fourth-order valence-corrected chi connectivity index (χ4v) is 4.27. The van der Waals surface area contributed by atoms with Crippen LogP contribution in [0.1, 0.15) is 49.9 Å². The SMILES string of the molecule is CN(CC1CC1)C(=O)OCc1c(-c2ccc(O[C@H]3CCC[C@H](C(=O)O)C3)c(C(F)(F)F)n2)nnn1C. The van der Waals surface area contributed by atoms with Gasteiger partial charge in [-0.05, 0) is 56.6 Å². The van der Waals surface area contributed by atoms with Crippen LogP contribution in [0.5, 0.6) is 5.75 Å². The maximum absolute atomic E-state index is 13.9. The third kappa shape index (κ3) is 6.05. The molecule has 0 aliphatic heterocycles. The normalized spacial score (nSPS) is 20.1. The maximum Gasteiger partial charge on any atom is 0.437 e. The number of hydrogen-bond acceptors (Lipinski definition) is 7. The minimum Gasteiger partial charge on any atom is -0.488 e. The van der Waals surface area contributed by atoms with E-state index in [1.54, 1.807) is 7.05 Å². The van der Waals surface area contributed by atoms with Gasteiger partial charge < -0.3 is 19.5 Å². The standard InChI is InChI=1S/C23H28F3N5O5/c1-30(11-13-6-7-13)22(34)35-12-17-19(28-29-31(17)2)16-8-9-18(20(27-16)23(24,25)26)36-15-5-3-4-14(10-15)21(32)33/h8-9,13-15H,3-7,10-12H2,1-2H3,(H,32,33)/t14-,15-/m0/s1. The largest absolute Gasteiger partial charge is 0.488 e. The molecule has 0 bridgehead atoms. The van der Waals surface area contributed by atoms with Crippen LogP contribution in [0.15, 0.2) is 12.1 Å². The van der Waals surface area contributed by atoms with Gasteiger partial charge in [-0.1, -0.05) is 5.21 Å². The number of carboxylic acid groups (broad SMARTS) is 1. The Labute approximate surface area is 205 Å². The molecule has 2 aromatic rings. The second kappa shape index (κ2) is 10.3. The molecular weight excluding hydrogens is 483 g/mol. The molecular formula is C23H28F3N5O5. The molecule has 4 rings (SSSR count). The molecule has 2 atom stereocenters. The zero-order chi connectivity index (χ0) is 26.0. The molecule has 0 saturated heterocycles. The summed E-state index contributed by atoms with van der Waals surface area (Å²) in [5.41, 5.74) is -1.01. The van der Waals surface area contributed by atoms with Gasteiger partial charge in [0.25, 0.3) is 0 Å². The van der Waals surface area contributed by atoms with Crippen LogP contribution in [-0.2, 0) is 29.4 Å². The number of carboxylic acids is 1. The van der Waals surface area contributed by atoms with Crippen molar-refractivity contribution in [3.8, 4) is 17.1 Å². The number of carbonyl (C=O) groups excluding carboxylic acids is 1. The zero-order valence-electron chi connectivity index (χ0n) is 20.0. The highest BCUT2D eigenvalue weighted by molar-refractivity contribution is 5.70. The number of halogens is 3. The Morgan fingerprint density at radius 2 is 1.97 bits per heavy atom. The lowest BCUT2D eigenvalue weighted by atomic mass is 9.87. The molecule has 2 heterocycles. The van der Waals surface area contributed by atoms with E-state index >= 15 is 0 Å². The van der Waals surface area contributed by atoms with Crippen molar-refractivity contribution in [2.45, 2.75) is 57.4 Å². The Bertz CT molecular complexity index is 1120. The lowest BCUT2D eigenvalue weighted by Gasteiger charge is -2.28. The van der Waals surface area contributed by atoms with Gasteiger partial charge in [0.05, 0.1) is 17.7 Å². The van der Waals surface area contributed by atoms with Crippen LogP contribution in [0.3, 0.4) is 0 Å². The van der Waals surface area contributed by atoms with E-state index in [1.807, 2.05) is 0 Å². The number of nitrogens with zero attached hydrogens (tertiary/aromatic N) is 5. The first-order chi connectivity index (χ1) is 17.0. The van der Waals surface area contributed by atoms with Gasteiger partial charge in [0.15, 0.2) is 11.4 Å². The Hall–Kier alpha value is -3.38. The Kier molecular flexibility index (Phi) is 7.36. The average molecular weight is 512 g/mol. The summed E-state index contributed by atoms with van der Waals surface area (Å²) in [6.45, 7) is 0.341. The first-order valence-corrected chi connectivity index (χ1v) is 11.8. The molecule has 2 aromatic heterocycles. The van der Waals surface area contributed by atoms with Crippen molar-refractivity contribution in [1.82, 2.24) is 24.9 Å². The van der Waals surface area contributed by atoms with Crippen molar-refractivity contribution in [1.29, 1.82) is 0 Å². The molecule has 1 N–H and O–H groups in total. The fourth-order valence-electron chi connectivity index (χ4n) is 4.27. The summed E-state index contributed by atoms with van der Waals surface area (Å²) in [6, 6.07) is 2.49. The minimum absolute atomic E-state index is 0.0517. The van der Waals surface area contributed by atoms with Crippen LogP contribution in [-0.4, -0.2) is 61.7 Å². The van der Waals surface area contributed by atoms with Crippen LogP contribution in [0.4, 0.5) is 18.0 Å². The van der Waals surface area contributed by atoms with Crippen molar-refractivity contribution in [3.63, 3.8) is 0 Å². The first-order valence-electron chi connectivity index (χ1n) is 11.8. The third-order valence-corrected chi connectivity index (χ3v) is 6.45. The lowest BCUT2D eigenvalue weighted by molar-refractivity contribution is -0.146. The van der Waals surface area contributed by atoms with Gasteiger partial charge in [-0.2, -0.15) is 13.2 Å². The van der Waals surface area contributed by atoms with Crippen LogP contribution in [0, 0.1) is 11.8 Å². The molecule has 0 unspecified atom stereocenters. The molecule has 0 radical (unpaired) electrons. The molecule has 0 spiro atoms. The van der Waals surface area contributed by atoms with E-state index in [0.29, 0.717) is 31.7 Å². The van der Waals surface area contributed by atoms with Crippen LogP contribution < -0.4 is 4.74 Å². The molecule has 0 aromatic carbocycles. The Morgan fingerprint density at radius 3 is 2.64 bits per heavy atom. The van der Waals surface area contributed by atoms with Gasteiger partial charge in [0.2, 0.25) is 0 Å². The number of pyridine rings is 1. The Morgan fingerprint density at radius 1 is 1.22 bits per heavy atom. The highest BCUT2D eigenvalue weighted by Crippen LogP contribution is 2.38. The topological polar surface area (TPSA) is 120 Å². The molecule has 10 nitrogen and oxygen atoms in total. The highest BCUT2D eigenvalue weighted by Gasteiger charge is 2.39. The van der Waals surface area contributed by atoms with Crippen molar-refractivity contribution < 1.29 is 37.3 Å². The molecule has 2 aliphatic carbocycles. The lowest BCUT2D eigenvalue weighted by Crippen LogP contribution is -2.30. The predicted octanol–water partition coefficient (Wildman–Crippen LogP) is 3.90. The van der Waals surface area contributed by atoms with Gasteiger partial charge in [0.1, 0.15) is 18.0 Å². The predicted molar refractivity (Wildman–Crippen MR) is 119 cm³/mol. The third-order valence-electron chi connectivity index (χ3n) is 6.45. The van der Waals surface area contributed by atoms with Crippen molar-refractivity contribution in [2.75, 3.05) is 13.6 Å². The zero-order valence-corrected chi connectivity index (χ0v) is 20.0. The van der Waals surface area contributed by atoms with E-state index in [4.69, 9.17) is 9.47 Å². The Balaban J connectivity index is 1.53. The summed E-state index contributed by atoms with van der Waals surface area (Å²) in [5, 5.41) is 17.0. The summed E-state index contributed by atoms with van der Waals surface area (Å²) < 4.78 is 54.0. The van der Waals surface area contributed by atoms with E-state index in [9.17, 15) is 27.9 Å².